The number of halogens is 2. The Labute approximate surface area is 159 Å². The predicted octanol–water partition coefficient (Wildman–Crippen LogP) is 5.71. The topological polar surface area (TPSA) is 55.4 Å². The summed E-state index contributed by atoms with van der Waals surface area (Å²) in [6.07, 6.45) is 0. The van der Waals surface area contributed by atoms with Crippen molar-refractivity contribution in [1.82, 2.24) is 0 Å². The van der Waals surface area contributed by atoms with E-state index in [1.165, 1.54) is 11.8 Å². The molecule has 3 rings (SSSR count). The summed E-state index contributed by atoms with van der Waals surface area (Å²) in [4.78, 5) is 16.7. The van der Waals surface area contributed by atoms with E-state index in [1.54, 1.807) is 18.2 Å². The monoisotopic (exact) mass is 388 g/mol. The van der Waals surface area contributed by atoms with Crippen LogP contribution in [0.2, 0.25) is 10.0 Å². The fraction of sp³-hybridized carbons (Fsp3) is 0.0526. The van der Waals surface area contributed by atoms with Crippen LogP contribution in [0.5, 0.6) is 0 Å². The second kappa shape index (κ2) is 7.91. The maximum atomic E-state index is 12.2. The summed E-state index contributed by atoms with van der Waals surface area (Å²) < 4.78 is 0. The van der Waals surface area contributed by atoms with Crippen LogP contribution < -0.4 is 5.73 Å². The molecular formula is C19H14Cl2N2OS. The molecule has 0 atom stereocenters. The molecule has 0 aromatic heterocycles. The average molecular weight is 389 g/mol. The molecule has 3 aromatic carbocycles. The first kappa shape index (κ1) is 17.8. The Morgan fingerprint density at radius 2 is 1.76 bits per heavy atom. The number of hydrogen-bond acceptors (Lipinski definition) is 3. The number of amidine groups is 1. The number of Topliss-reactive ketones (excluding diaryl/α,β-unsaturated/α-hetero) is 1. The Morgan fingerprint density at radius 1 is 1.00 bits per heavy atom. The molecule has 126 valence electrons. The minimum absolute atomic E-state index is 0.0837. The molecule has 0 unspecified atom stereocenters. The maximum Gasteiger partial charge on any atom is 0.173 e. The third-order valence-electron chi connectivity index (χ3n) is 3.59. The molecule has 0 aliphatic rings. The average Bonchev–Trinajstić information content (AvgIpc) is 2.62. The predicted molar refractivity (Wildman–Crippen MR) is 108 cm³/mol. The highest BCUT2D eigenvalue weighted by Crippen LogP contribution is 2.27. The minimum Gasteiger partial charge on any atom is -0.378 e. The van der Waals surface area contributed by atoms with E-state index in [-0.39, 0.29) is 11.5 Å². The molecule has 3 aromatic rings. The van der Waals surface area contributed by atoms with Crippen LogP contribution in [0, 0.1) is 0 Å². The van der Waals surface area contributed by atoms with Crippen LogP contribution in [-0.2, 0) is 0 Å². The van der Waals surface area contributed by atoms with E-state index in [0.717, 1.165) is 16.5 Å². The first-order valence-corrected chi connectivity index (χ1v) is 9.22. The van der Waals surface area contributed by atoms with Crippen LogP contribution in [0.1, 0.15) is 10.4 Å². The summed E-state index contributed by atoms with van der Waals surface area (Å²) in [5, 5.41) is 3.22. The fourth-order valence-electron chi connectivity index (χ4n) is 2.35. The Morgan fingerprint density at radius 3 is 2.56 bits per heavy atom. The van der Waals surface area contributed by atoms with Gasteiger partial charge in [-0.05, 0) is 29.7 Å². The van der Waals surface area contributed by atoms with E-state index in [2.05, 4.69) is 4.99 Å². The number of rotatable bonds is 4. The van der Waals surface area contributed by atoms with E-state index in [4.69, 9.17) is 28.9 Å². The van der Waals surface area contributed by atoms with Crippen molar-refractivity contribution >= 4 is 62.4 Å². The lowest BCUT2D eigenvalue weighted by atomic mass is 10.1. The molecule has 6 heteroatoms. The summed E-state index contributed by atoms with van der Waals surface area (Å²) in [5.41, 5.74) is 7.27. The maximum absolute atomic E-state index is 12.2. The molecule has 0 saturated carbocycles. The fourth-order valence-corrected chi connectivity index (χ4v) is 3.26. The molecule has 0 spiro atoms. The van der Waals surface area contributed by atoms with Gasteiger partial charge in [0.25, 0.3) is 0 Å². The van der Waals surface area contributed by atoms with Gasteiger partial charge in [0.1, 0.15) is 0 Å². The van der Waals surface area contributed by atoms with Gasteiger partial charge in [0, 0.05) is 10.9 Å². The normalized spacial score (nSPS) is 11.7. The van der Waals surface area contributed by atoms with Gasteiger partial charge in [-0.25, -0.2) is 4.99 Å². The van der Waals surface area contributed by atoms with Crippen LogP contribution in [0.15, 0.2) is 65.7 Å². The molecule has 0 amide bonds. The van der Waals surface area contributed by atoms with Gasteiger partial charge >= 0.3 is 0 Å². The lowest BCUT2D eigenvalue weighted by Gasteiger charge is -2.05. The second-order valence-corrected chi connectivity index (χ2v) is 7.10. The van der Waals surface area contributed by atoms with Crippen molar-refractivity contribution < 1.29 is 4.79 Å². The number of fused-ring (bicyclic) bond motifs is 1. The highest BCUT2D eigenvalue weighted by Gasteiger charge is 2.10. The number of ketones is 1. The number of aliphatic imine (C=N–C) groups is 1. The highest BCUT2D eigenvalue weighted by atomic mass is 35.5. The molecule has 0 fully saturated rings. The van der Waals surface area contributed by atoms with Crippen molar-refractivity contribution in [1.29, 1.82) is 0 Å². The number of nitrogens with two attached hydrogens (primary N) is 1. The van der Waals surface area contributed by atoms with E-state index in [0.29, 0.717) is 20.8 Å². The van der Waals surface area contributed by atoms with Gasteiger partial charge in [-0.3, -0.25) is 4.79 Å². The van der Waals surface area contributed by atoms with E-state index in [1.807, 2.05) is 42.5 Å². The molecule has 0 saturated heterocycles. The molecule has 25 heavy (non-hydrogen) atoms. The van der Waals surface area contributed by atoms with Crippen molar-refractivity contribution in [3.8, 4) is 0 Å². The van der Waals surface area contributed by atoms with Crippen LogP contribution >= 0.6 is 35.0 Å². The largest absolute Gasteiger partial charge is 0.378 e. The third-order valence-corrected chi connectivity index (χ3v) is 5.12. The number of nitrogens with zero attached hydrogens (tertiary/aromatic N) is 1. The van der Waals surface area contributed by atoms with Crippen molar-refractivity contribution in [3.63, 3.8) is 0 Å². The van der Waals surface area contributed by atoms with Gasteiger partial charge in [-0.15, -0.1) is 0 Å². The van der Waals surface area contributed by atoms with Crippen LogP contribution in [0.3, 0.4) is 0 Å². The van der Waals surface area contributed by atoms with Crippen LogP contribution in [0.25, 0.3) is 10.8 Å². The number of carbonyl (C=O) groups excluding carboxylic acids is 1. The minimum atomic E-state index is -0.0837. The van der Waals surface area contributed by atoms with Gasteiger partial charge in [0.15, 0.2) is 11.0 Å². The number of benzene rings is 3. The molecular weight excluding hydrogens is 375 g/mol. The zero-order valence-electron chi connectivity index (χ0n) is 13.1. The van der Waals surface area contributed by atoms with Crippen molar-refractivity contribution in [3.05, 3.63) is 76.3 Å². The zero-order valence-corrected chi connectivity index (χ0v) is 15.4. The molecule has 2 N–H and O–H groups in total. The molecule has 0 bridgehead atoms. The highest BCUT2D eigenvalue weighted by molar-refractivity contribution is 8.14. The van der Waals surface area contributed by atoms with Gasteiger partial charge in [0.2, 0.25) is 0 Å². The summed E-state index contributed by atoms with van der Waals surface area (Å²) in [7, 11) is 0. The standard InChI is InChI=1S/C19H14Cl2N2OS/c20-15-9-8-13(10-16(15)21)18(24)11-25-19(22)23-17-7-3-5-12-4-1-2-6-14(12)17/h1-10H,11H2,(H2,22,23). The van der Waals surface area contributed by atoms with Crippen molar-refractivity contribution in [2.24, 2.45) is 10.7 Å². The lowest BCUT2D eigenvalue weighted by Crippen LogP contribution is -2.11. The van der Waals surface area contributed by atoms with Crippen LogP contribution in [-0.4, -0.2) is 16.7 Å². The summed E-state index contributed by atoms with van der Waals surface area (Å²) in [5.74, 6) is 0.0950. The van der Waals surface area contributed by atoms with Crippen LogP contribution in [0.4, 0.5) is 5.69 Å². The molecule has 3 nitrogen and oxygen atoms in total. The number of thioether (sulfide) groups is 1. The Hall–Kier alpha value is -2.01. The van der Waals surface area contributed by atoms with Gasteiger partial charge in [-0.2, -0.15) is 0 Å². The lowest BCUT2D eigenvalue weighted by molar-refractivity contribution is 0.102. The Balaban J connectivity index is 1.73. The van der Waals surface area contributed by atoms with Crippen molar-refractivity contribution in [2.45, 2.75) is 0 Å². The van der Waals surface area contributed by atoms with Gasteiger partial charge < -0.3 is 5.73 Å². The van der Waals surface area contributed by atoms with Crippen molar-refractivity contribution in [2.75, 3.05) is 5.75 Å². The van der Waals surface area contributed by atoms with Gasteiger partial charge in [0.05, 0.1) is 21.5 Å². The summed E-state index contributed by atoms with van der Waals surface area (Å²) >= 11 is 13.0. The molecule has 0 radical (unpaired) electrons. The smallest absolute Gasteiger partial charge is 0.173 e. The third kappa shape index (κ3) is 4.34. The molecule has 0 aliphatic carbocycles. The molecule has 0 aliphatic heterocycles. The zero-order chi connectivity index (χ0) is 17.8. The second-order valence-electron chi connectivity index (χ2n) is 5.29. The van der Waals surface area contributed by atoms with E-state index >= 15 is 0 Å². The molecule has 0 heterocycles. The SMILES string of the molecule is NC(=Nc1cccc2ccccc12)SCC(=O)c1ccc(Cl)c(Cl)c1. The quantitative estimate of drug-likeness (QED) is 0.353. The summed E-state index contributed by atoms with van der Waals surface area (Å²) in [6, 6.07) is 18.6. The van der Waals surface area contributed by atoms with Gasteiger partial charge in [-0.1, -0.05) is 71.4 Å². The Bertz CT molecular complexity index is 967. The Kier molecular flexibility index (Phi) is 5.63. The number of hydrogen-bond donors (Lipinski definition) is 1. The number of carbonyl (C=O) groups is 1. The first-order valence-electron chi connectivity index (χ1n) is 7.47. The van der Waals surface area contributed by atoms with E-state index in [9.17, 15) is 4.79 Å². The first-order chi connectivity index (χ1) is 12.0. The summed E-state index contributed by atoms with van der Waals surface area (Å²) in [6.45, 7) is 0. The van der Waals surface area contributed by atoms with E-state index < -0.39 is 0 Å².